The van der Waals surface area contributed by atoms with E-state index < -0.39 is 0 Å². The number of rotatable bonds is 6. The molecule has 1 heterocycles. The standard InChI is InChI=1S/C14H21NO2/c1-4-11(3)13-10-15-9-8-12(13)6-7-14(16)17-5-2/h8-11H,4-7H2,1-3H3. The maximum Gasteiger partial charge on any atom is 0.306 e. The molecule has 0 amide bonds. The Morgan fingerprint density at radius 3 is 2.88 bits per heavy atom. The summed E-state index contributed by atoms with van der Waals surface area (Å²) in [4.78, 5) is 15.5. The molecule has 1 atom stereocenters. The summed E-state index contributed by atoms with van der Waals surface area (Å²) in [5.74, 6) is 0.361. The van der Waals surface area contributed by atoms with Gasteiger partial charge in [-0.15, -0.1) is 0 Å². The van der Waals surface area contributed by atoms with E-state index in [-0.39, 0.29) is 5.97 Å². The first-order chi connectivity index (χ1) is 8.19. The van der Waals surface area contributed by atoms with Crippen LogP contribution in [0.2, 0.25) is 0 Å². The van der Waals surface area contributed by atoms with Gasteiger partial charge < -0.3 is 4.74 Å². The summed E-state index contributed by atoms with van der Waals surface area (Å²) >= 11 is 0. The second-order valence-corrected chi connectivity index (χ2v) is 4.19. The third kappa shape index (κ3) is 4.17. The Bertz CT molecular complexity index is 363. The quantitative estimate of drug-likeness (QED) is 0.711. The Morgan fingerprint density at radius 1 is 1.47 bits per heavy atom. The van der Waals surface area contributed by atoms with E-state index >= 15 is 0 Å². The molecule has 0 fully saturated rings. The van der Waals surface area contributed by atoms with Gasteiger partial charge in [0.25, 0.3) is 0 Å². The third-order valence-electron chi connectivity index (χ3n) is 2.99. The van der Waals surface area contributed by atoms with Gasteiger partial charge in [0.1, 0.15) is 0 Å². The van der Waals surface area contributed by atoms with Gasteiger partial charge in [-0.25, -0.2) is 0 Å². The van der Waals surface area contributed by atoms with Gasteiger partial charge in [0.15, 0.2) is 0 Å². The highest BCUT2D eigenvalue weighted by atomic mass is 16.5. The Kier molecular flexibility index (Phi) is 5.67. The minimum Gasteiger partial charge on any atom is -0.466 e. The molecular weight excluding hydrogens is 214 g/mol. The van der Waals surface area contributed by atoms with Gasteiger partial charge in [0, 0.05) is 18.8 Å². The minimum absolute atomic E-state index is 0.126. The van der Waals surface area contributed by atoms with Crippen LogP contribution in [-0.2, 0) is 16.0 Å². The molecule has 3 heteroatoms. The van der Waals surface area contributed by atoms with Crippen molar-refractivity contribution < 1.29 is 9.53 Å². The molecule has 1 aromatic rings. The fourth-order valence-corrected chi connectivity index (χ4v) is 1.80. The zero-order valence-electron chi connectivity index (χ0n) is 10.9. The van der Waals surface area contributed by atoms with Crippen LogP contribution in [-0.4, -0.2) is 17.6 Å². The molecule has 0 aliphatic carbocycles. The number of pyridine rings is 1. The number of carbonyl (C=O) groups is 1. The minimum atomic E-state index is -0.126. The highest BCUT2D eigenvalue weighted by molar-refractivity contribution is 5.69. The molecule has 0 radical (unpaired) electrons. The predicted octanol–water partition coefficient (Wildman–Crippen LogP) is 3.09. The zero-order valence-corrected chi connectivity index (χ0v) is 10.9. The van der Waals surface area contributed by atoms with Crippen LogP contribution < -0.4 is 0 Å². The SMILES string of the molecule is CCOC(=O)CCc1ccncc1C(C)CC. The van der Waals surface area contributed by atoms with Gasteiger partial charge in [-0.2, -0.15) is 0 Å². The molecule has 17 heavy (non-hydrogen) atoms. The Balaban J connectivity index is 2.67. The van der Waals surface area contributed by atoms with Gasteiger partial charge in [0.2, 0.25) is 0 Å². The topological polar surface area (TPSA) is 39.2 Å². The smallest absolute Gasteiger partial charge is 0.306 e. The second-order valence-electron chi connectivity index (χ2n) is 4.19. The number of ether oxygens (including phenoxy) is 1. The lowest BCUT2D eigenvalue weighted by atomic mass is 9.93. The van der Waals surface area contributed by atoms with Gasteiger partial charge in [0.05, 0.1) is 6.61 Å². The molecule has 0 spiro atoms. The van der Waals surface area contributed by atoms with Crippen LogP contribution in [0, 0.1) is 0 Å². The lowest BCUT2D eigenvalue weighted by Crippen LogP contribution is -2.07. The predicted molar refractivity (Wildman–Crippen MR) is 67.9 cm³/mol. The number of hydrogen-bond acceptors (Lipinski definition) is 3. The van der Waals surface area contributed by atoms with Crippen molar-refractivity contribution in [3.05, 3.63) is 29.6 Å². The van der Waals surface area contributed by atoms with Crippen molar-refractivity contribution in [3.63, 3.8) is 0 Å². The van der Waals surface area contributed by atoms with E-state index in [1.807, 2.05) is 19.2 Å². The van der Waals surface area contributed by atoms with Gasteiger partial charge in [-0.3, -0.25) is 9.78 Å². The van der Waals surface area contributed by atoms with Crippen LogP contribution >= 0.6 is 0 Å². The average molecular weight is 235 g/mol. The summed E-state index contributed by atoms with van der Waals surface area (Å²) in [7, 11) is 0. The maximum atomic E-state index is 11.3. The van der Waals surface area contributed by atoms with Crippen LogP contribution in [0.3, 0.4) is 0 Å². The fraction of sp³-hybridized carbons (Fsp3) is 0.571. The molecule has 0 aliphatic heterocycles. The average Bonchev–Trinajstić information content (AvgIpc) is 2.36. The highest BCUT2D eigenvalue weighted by Crippen LogP contribution is 2.22. The van der Waals surface area contributed by atoms with E-state index in [0.29, 0.717) is 18.9 Å². The van der Waals surface area contributed by atoms with Crippen molar-refractivity contribution in [2.45, 2.75) is 46.0 Å². The summed E-state index contributed by atoms with van der Waals surface area (Å²) in [6, 6.07) is 2.00. The first kappa shape index (κ1) is 13.7. The number of esters is 1. The van der Waals surface area contributed by atoms with E-state index in [0.717, 1.165) is 12.8 Å². The van der Waals surface area contributed by atoms with E-state index in [2.05, 4.69) is 18.8 Å². The van der Waals surface area contributed by atoms with Crippen molar-refractivity contribution >= 4 is 5.97 Å². The maximum absolute atomic E-state index is 11.3. The summed E-state index contributed by atoms with van der Waals surface area (Å²) in [5, 5.41) is 0. The molecule has 0 bridgehead atoms. The van der Waals surface area contributed by atoms with Gasteiger partial charge in [-0.05, 0) is 42.9 Å². The van der Waals surface area contributed by atoms with Crippen molar-refractivity contribution in [1.82, 2.24) is 4.98 Å². The molecule has 3 nitrogen and oxygen atoms in total. The van der Waals surface area contributed by atoms with Crippen molar-refractivity contribution in [2.75, 3.05) is 6.61 Å². The number of carbonyl (C=O) groups excluding carboxylic acids is 1. The van der Waals surface area contributed by atoms with Crippen molar-refractivity contribution in [3.8, 4) is 0 Å². The number of aromatic nitrogens is 1. The molecule has 0 saturated carbocycles. The highest BCUT2D eigenvalue weighted by Gasteiger charge is 2.10. The van der Waals surface area contributed by atoms with Crippen LogP contribution in [0.1, 0.15) is 50.7 Å². The molecule has 0 N–H and O–H groups in total. The van der Waals surface area contributed by atoms with Gasteiger partial charge >= 0.3 is 5.97 Å². The molecule has 94 valence electrons. The summed E-state index contributed by atoms with van der Waals surface area (Å²) < 4.78 is 4.94. The molecule has 0 aliphatic rings. The Hall–Kier alpha value is -1.38. The van der Waals surface area contributed by atoms with Crippen LogP contribution in [0.5, 0.6) is 0 Å². The zero-order chi connectivity index (χ0) is 12.7. The largest absolute Gasteiger partial charge is 0.466 e. The number of nitrogens with zero attached hydrogens (tertiary/aromatic N) is 1. The van der Waals surface area contributed by atoms with Crippen LogP contribution in [0.4, 0.5) is 0 Å². The van der Waals surface area contributed by atoms with E-state index in [1.54, 1.807) is 6.20 Å². The Morgan fingerprint density at radius 2 is 2.24 bits per heavy atom. The van der Waals surface area contributed by atoms with Crippen LogP contribution in [0.15, 0.2) is 18.5 Å². The monoisotopic (exact) mass is 235 g/mol. The van der Waals surface area contributed by atoms with Crippen molar-refractivity contribution in [1.29, 1.82) is 0 Å². The third-order valence-corrected chi connectivity index (χ3v) is 2.99. The molecule has 1 aromatic heterocycles. The van der Waals surface area contributed by atoms with Gasteiger partial charge in [-0.1, -0.05) is 13.8 Å². The molecule has 0 saturated heterocycles. The lowest BCUT2D eigenvalue weighted by Gasteiger charge is -2.13. The Labute approximate surface area is 103 Å². The number of aryl methyl sites for hydroxylation is 1. The number of hydrogen-bond donors (Lipinski definition) is 0. The normalized spacial score (nSPS) is 12.2. The molecule has 0 aromatic carbocycles. The van der Waals surface area contributed by atoms with Crippen LogP contribution in [0.25, 0.3) is 0 Å². The molecule has 1 unspecified atom stereocenters. The first-order valence-electron chi connectivity index (χ1n) is 6.27. The summed E-state index contributed by atoms with van der Waals surface area (Å²) in [6.45, 7) is 6.62. The summed E-state index contributed by atoms with van der Waals surface area (Å²) in [5.41, 5.74) is 2.46. The molecule has 1 rings (SSSR count). The molecular formula is C14H21NO2. The fourth-order valence-electron chi connectivity index (χ4n) is 1.80. The van der Waals surface area contributed by atoms with Crippen molar-refractivity contribution in [2.24, 2.45) is 0 Å². The van der Waals surface area contributed by atoms with E-state index in [9.17, 15) is 4.79 Å². The second kappa shape index (κ2) is 7.05. The first-order valence-corrected chi connectivity index (χ1v) is 6.27. The lowest BCUT2D eigenvalue weighted by molar-refractivity contribution is -0.143. The van der Waals surface area contributed by atoms with E-state index in [4.69, 9.17) is 4.74 Å². The van der Waals surface area contributed by atoms with E-state index in [1.165, 1.54) is 11.1 Å². The summed E-state index contributed by atoms with van der Waals surface area (Å²) in [6.07, 6.45) is 5.96.